The Labute approximate surface area is 105 Å². The van der Waals surface area contributed by atoms with Crippen LogP contribution in [0.2, 0.25) is 0 Å². The van der Waals surface area contributed by atoms with Crippen LogP contribution in [0.5, 0.6) is 0 Å². The van der Waals surface area contributed by atoms with Crippen LogP contribution in [0, 0.1) is 0 Å². The van der Waals surface area contributed by atoms with Crippen molar-refractivity contribution in [2.24, 2.45) is 0 Å². The Hall–Kier alpha value is -0.860. The molecule has 17 heavy (non-hydrogen) atoms. The quantitative estimate of drug-likeness (QED) is 0.699. The highest BCUT2D eigenvalue weighted by Gasteiger charge is 2.02. The second-order valence-corrected chi connectivity index (χ2v) is 4.52. The first kappa shape index (κ1) is 14.2. The maximum Gasteiger partial charge on any atom is 0.0590 e. The van der Waals surface area contributed by atoms with Crippen molar-refractivity contribution < 1.29 is 4.74 Å². The molecule has 0 spiro atoms. The molecule has 0 amide bonds. The molecule has 0 heterocycles. The molecule has 0 fully saturated rings. The van der Waals surface area contributed by atoms with Crippen LogP contribution < -0.4 is 5.32 Å². The van der Waals surface area contributed by atoms with Gasteiger partial charge >= 0.3 is 0 Å². The summed E-state index contributed by atoms with van der Waals surface area (Å²) in [6.07, 6.45) is 2.21. The van der Waals surface area contributed by atoms with Crippen LogP contribution in [0.1, 0.15) is 37.3 Å². The first-order valence-corrected chi connectivity index (χ1v) is 6.59. The van der Waals surface area contributed by atoms with Crippen molar-refractivity contribution in [3.63, 3.8) is 0 Å². The Kier molecular flexibility index (Phi) is 6.90. The molecule has 1 rings (SSSR count). The highest BCUT2D eigenvalue weighted by molar-refractivity contribution is 5.25. The normalized spacial score (nSPS) is 12.6. The van der Waals surface area contributed by atoms with E-state index in [1.165, 1.54) is 17.5 Å². The van der Waals surface area contributed by atoms with Crippen LogP contribution in [0.25, 0.3) is 0 Å². The van der Waals surface area contributed by atoms with Gasteiger partial charge in [0.25, 0.3) is 0 Å². The summed E-state index contributed by atoms with van der Waals surface area (Å²) in [5, 5.41) is 3.07. The minimum Gasteiger partial charge on any atom is -0.380 e. The third kappa shape index (κ3) is 5.33. The largest absolute Gasteiger partial charge is 0.380 e. The van der Waals surface area contributed by atoms with Crippen molar-refractivity contribution in [2.45, 2.75) is 32.6 Å². The second-order valence-electron chi connectivity index (χ2n) is 4.52. The lowest BCUT2D eigenvalue weighted by atomic mass is 9.97. The molecular weight excluding hydrogens is 210 g/mol. The van der Waals surface area contributed by atoms with Gasteiger partial charge < -0.3 is 10.1 Å². The van der Waals surface area contributed by atoms with Gasteiger partial charge in [-0.1, -0.05) is 38.1 Å². The second kappa shape index (κ2) is 8.26. The third-order valence-electron chi connectivity index (χ3n) is 3.19. The predicted octanol–water partition coefficient (Wildman–Crippen LogP) is 2.98. The topological polar surface area (TPSA) is 21.3 Å². The van der Waals surface area contributed by atoms with Crippen molar-refractivity contribution in [1.82, 2.24) is 5.32 Å². The molecule has 1 aromatic rings. The Balaban J connectivity index is 2.30. The summed E-state index contributed by atoms with van der Waals surface area (Å²) in [6.45, 7) is 7.03. The van der Waals surface area contributed by atoms with Gasteiger partial charge in [0, 0.05) is 6.54 Å². The highest BCUT2D eigenvalue weighted by Crippen LogP contribution is 2.18. The Bertz CT molecular complexity index is 294. The van der Waals surface area contributed by atoms with Crippen LogP contribution in [-0.4, -0.2) is 26.8 Å². The molecule has 96 valence electrons. The molecule has 0 radical (unpaired) electrons. The van der Waals surface area contributed by atoms with E-state index in [4.69, 9.17) is 4.74 Å². The van der Waals surface area contributed by atoms with Crippen molar-refractivity contribution in [3.05, 3.63) is 35.4 Å². The molecule has 0 aliphatic carbocycles. The van der Waals surface area contributed by atoms with Crippen LogP contribution >= 0.6 is 0 Å². The van der Waals surface area contributed by atoms with Gasteiger partial charge in [-0.3, -0.25) is 0 Å². The van der Waals surface area contributed by atoms with E-state index in [2.05, 4.69) is 43.4 Å². The summed E-state index contributed by atoms with van der Waals surface area (Å²) in [7, 11) is 1.94. The molecule has 0 bridgehead atoms. The molecule has 1 atom stereocenters. The monoisotopic (exact) mass is 235 g/mol. The fourth-order valence-corrected chi connectivity index (χ4v) is 1.71. The zero-order chi connectivity index (χ0) is 12.5. The predicted molar refractivity (Wildman–Crippen MR) is 73.6 cm³/mol. The molecule has 2 heteroatoms. The molecule has 0 aliphatic rings. The van der Waals surface area contributed by atoms with Crippen molar-refractivity contribution in [1.29, 1.82) is 0 Å². The maximum absolute atomic E-state index is 5.51. The summed E-state index contributed by atoms with van der Waals surface area (Å²) in [5.41, 5.74) is 2.80. The van der Waals surface area contributed by atoms with E-state index in [1.54, 1.807) is 0 Å². The average molecular weight is 235 g/mol. The molecule has 0 saturated carbocycles. The molecule has 1 aromatic carbocycles. The molecular formula is C15H25NO. The van der Waals surface area contributed by atoms with E-state index in [-0.39, 0.29) is 0 Å². The van der Waals surface area contributed by atoms with Gasteiger partial charge in [0.05, 0.1) is 13.2 Å². The van der Waals surface area contributed by atoms with E-state index >= 15 is 0 Å². The number of rotatable bonds is 8. The minimum absolute atomic E-state index is 0.663. The van der Waals surface area contributed by atoms with Gasteiger partial charge in [0.2, 0.25) is 0 Å². The van der Waals surface area contributed by atoms with Gasteiger partial charge in [-0.05, 0) is 36.9 Å². The lowest BCUT2D eigenvalue weighted by molar-refractivity contribution is 0.140. The van der Waals surface area contributed by atoms with Gasteiger partial charge in [-0.15, -0.1) is 0 Å². The van der Waals surface area contributed by atoms with Crippen LogP contribution in [0.3, 0.4) is 0 Å². The average Bonchev–Trinajstić information content (AvgIpc) is 2.38. The van der Waals surface area contributed by atoms with Crippen LogP contribution in [0.15, 0.2) is 24.3 Å². The van der Waals surface area contributed by atoms with Crippen LogP contribution in [-0.2, 0) is 11.2 Å². The first-order valence-electron chi connectivity index (χ1n) is 6.59. The minimum atomic E-state index is 0.663. The van der Waals surface area contributed by atoms with Crippen molar-refractivity contribution >= 4 is 0 Å². The number of likely N-dealkylation sites (N-methyl/N-ethyl adjacent to an activating group) is 1. The molecule has 1 unspecified atom stereocenters. The zero-order valence-corrected chi connectivity index (χ0v) is 11.3. The molecule has 2 nitrogen and oxygen atoms in total. The number of hydrogen-bond acceptors (Lipinski definition) is 2. The van der Waals surface area contributed by atoms with E-state index in [0.29, 0.717) is 5.92 Å². The maximum atomic E-state index is 5.51. The van der Waals surface area contributed by atoms with E-state index in [0.717, 1.165) is 26.2 Å². The fraction of sp³-hybridized carbons (Fsp3) is 0.600. The highest BCUT2D eigenvalue weighted by atomic mass is 16.5. The Morgan fingerprint density at radius 1 is 1.18 bits per heavy atom. The summed E-state index contributed by atoms with van der Waals surface area (Å²) < 4.78 is 5.51. The van der Waals surface area contributed by atoms with Gasteiger partial charge in [-0.2, -0.15) is 0 Å². The number of ether oxygens (including phenoxy) is 1. The standard InChI is InChI=1S/C15H25NO/c1-4-13(2)15-7-5-14(6-8-15)9-11-17-12-10-16-3/h5-8,13,16H,4,9-12H2,1-3H3. The molecule has 0 aromatic heterocycles. The smallest absolute Gasteiger partial charge is 0.0590 e. The van der Waals surface area contributed by atoms with Crippen molar-refractivity contribution in [2.75, 3.05) is 26.8 Å². The van der Waals surface area contributed by atoms with Gasteiger partial charge in [0.1, 0.15) is 0 Å². The Morgan fingerprint density at radius 3 is 2.47 bits per heavy atom. The number of benzene rings is 1. The van der Waals surface area contributed by atoms with E-state index in [9.17, 15) is 0 Å². The fourth-order valence-electron chi connectivity index (χ4n) is 1.71. The third-order valence-corrected chi connectivity index (χ3v) is 3.19. The van der Waals surface area contributed by atoms with Gasteiger partial charge in [0.15, 0.2) is 0 Å². The SMILES string of the molecule is CCC(C)c1ccc(CCOCCNC)cc1. The number of nitrogens with one attached hydrogen (secondary N) is 1. The molecule has 1 N–H and O–H groups in total. The number of hydrogen-bond donors (Lipinski definition) is 1. The summed E-state index contributed by atoms with van der Waals surface area (Å²) in [6, 6.07) is 8.94. The van der Waals surface area contributed by atoms with Gasteiger partial charge in [-0.25, -0.2) is 0 Å². The summed E-state index contributed by atoms with van der Waals surface area (Å²) in [4.78, 5) is 0. The first-order chi connectivity index (χ1) is 8.27. The zero-order valence-electron chi connectivity index (χ0n) is 11.3. The lowest BCUT2D eigenvalue weighted by Crippen LogP contribution is -2.15. The summed E-state index contributed by atoms with van der Waals surface area (Å²) in [5.74, 6) is 0.663. The lowest BCUT2D eigenvalue weighted by Gasteiger charge is -2.10. The van der Waals surface area contributed by atoms with Crippen LogP contribution in [0.4, 0.5) is 0 Å². The molecule has 0 saturated heterocycles. The van der Waals surface area contributed by atoms with E-state index in [1.807, 2.05) is 7.05 Å². The summed E-state index contributed by atoms with van der Waals surface area (Å²) >= 11 is 0. The van der Waals surface area contributed by atoms with Crippen molar-refractivity contribution in [3.8, 4) is 0 Å². The Morgan fingerprint density at radius 2 is 1.88 bits per heavy atom. The molecule has 0 aliphatic heterocycles. The van der Waals surface area contributed by atoms with E-state index < -0.39 is 0 Å².